The molecule has 4 rings (SSSR count). The summed E-state index contributed by atoms with van der Waals surface area (Å²) in [6.07, 6.45) is 1.75. The first-order valence-electron chi connectivity index (χ1n) is 7.54. The lowest BCUT2D eigenvalue weighted by Crippen LogP contribution is -2.29. The molecule has 0 unspecified atom stereocenters. The van der Waals surface area contributed by atoms with Gasteiger partial charge in [-0.3, -0.25) is 14.4 Å². The SMILES string of the molecule is CCC(=O)O.O=C1C=C(N2CC2)C(=O)C(N2CC2)=C1N1CC1. The van der Waals surface area contributed by atoms with Gasteiger partial charge in [-0.2, -0.15) is 0 Å². The second-order valence-corrected chi connectivity index (χ2v) is 5.63. The van der Waals surface area contributed by atoms with Crippen molar-refractivity contribution in [1.82, 2.24) is 14.7 Å². The predicted octanol–water partition coefficient (Wildman–Crippen LogP) is -0.338. The van der Waals surface area contributed by atoms with E-state index in [0.717, 1.165) is 39.3 Å². The molecule has 1 N–H and O–H groups in total. The number of allylic oxidation sites excluding steroid dienone is 1. The van der Waals surface area contributed by atoms with Crippen molar-refractivity contribution in [3.05, 3.63) is 23.2 Å². The van der Waals surface area contributed by atoms with Gasteiger partial charge in [0.1, 0.15) is 11.4 Å². The molecule has 3 fully saturated rings. The van der Waals surface area contributed by atoms with E-state index in [-0.39, 0.29) is 18.0 Å². The number of ketones is 2. The highest BCUT2D eigenvalue weighted by molar-refractivity contribution is 6.22. The lowest BCUT2D eigenvalue weighted by Gasteiger charge is -2.21. The quantitative estimate of drug-likeness (QED) is 0.562. The summed E-state index contributed by atoms with van der Waals surface area (Å²) in [5.41, 5.74) is 1.89. The second-order valence-electron chi connectivity index (χ2n) is 5.63. The maximum absolute atomic E-state index is 12.4. The van der Waals surface area contributed by atoms with E-state index in [1.165, 1.54) is 6.08 Å². The van der Waals surface area contributed by atoms with Gasteiger partial charge in [0.25, 0.3) is 0 Å². The molecule has 4 aliphatic rings. The van der Waals surface area contributed by atoms with Crippen LogP contribution in [0.15, 0.2) is 23.2 Å². The fourth-order valence-electron chi connectivity index (χ4n) is 2.28. The van der Waals surface area contributed by atoms with Gasteiger partial charge >= 0.3 is 5.97 Å². The van der Waals surface area contributed by atoms with Crippen LogP contribution in [0, 0.1) is 0 Å². The zero-order valence-corrected chi connectivity index (χ0v) is 12.5. The molecule has 3 heterocycles. The predicted molar refractivity (Wildman–Crippen MR) is 77.8 cm³/mol. The monoisotopic (exact) mass is 305 g/mol. The lowest BCUT2D eigenvalue weighted by atomic mass is 10.0. The lowest BCUT2D eigenvalue weighted by molar-refractivity contribution is -0.136. The highest BCUT2D eigenvalue weighted by Crippen LogP contribution is 2.33. The van der Waals surface area contributed by atoms with Crippen molar-refractivity contribution in [3.8, 4) is 0 Å². The molecule has 0 aromatic rings. The van der Waals surface area contributed by atoms with Crippen LogP contribution in [0.5, 0.6) is 0 Å². The highest BCUT2D eigenvalue weighted by atomic mass is 16.4. The fourth-order valence-corrected chi connectivity index (χ4v) is 2.28. The number of rotatable bonds is 4. The van der Waals surface area contributed by atoms with Gasteiger partial charge in [-0.1, -0.05) is 6.92 Å². The van der Waals surface area contributed by atoms with Crippen molar-refractivity contribution >= 4 is 17.5 Å². The number of carbonyl (C=O) groups excluding carboxylic acids is 2. The van der Waals surface area contributed by atoms with E-state index in [4.69, 9.17) is 5.11 Å². The smallest absolute Gasteiger partial charge is 0.303 e. The van der Waals surface area contributed by atoms with Crippen molar-refractivity contribution < 1.29 is 19.5 Å². The first kappa shape index (κ1) is 14.6. The molecule has 0 radical (unpaired) electrons. The van der Waals surface area contributed by atoms with E-state index in [0.29, 0.717) is 17.1 Å². The number of hydrogen-bond donors (Lipinski definition) is 1. The summed E-state index contributed by atoms with van der Waals surface area (Å²) < 4.78 is 0. The van der Waals surface area contributed by atoms with E-state index in [9.17, 15) is 14.4 Å². The normalized spacial score (nSPS) is 22.2. The standard InChI is InChI=1S/C12H13N3O2.C3H6O2/c16-9-7-8(13-1-2-13)12(17)11(15-5-6-15)10(9)14-3-4-14;1-2-3(4)5/h7H,1-6H2;2H2,1H3,(H,4,5). The van der Waals surface area contributed by atoms with Crippen LogP contribution in [0.1, 0.15) is 13.3 Å². The molecule has 0 aromatic carbocycles. The summed E-state index contributed by atoms with van der Waals surface area (Å²) in [7, 11) is 0. The zero-order chi connectivity index (χ0) is 15.9. The van der Waals surface area contributed by atoms with Crippen LogP contribution in [0.3, 0.4) is 0 Å². The molecule has 0 spiro atoms. The van der Waals surface area contributed by atoms with Crippen LogP contribution in [-0.2, 0) is 14.4 Å². The van der Waals surface area contributed by atoms with Crippen LogP contribution in [-0.4, -0.2) is 76.6 Å². The molecular formula is C15H19N3O4. The Morgan fingerprint density at radius 1 is 1.00 bits per heavy atom. The van der Waals surface area contributed by atoms with Gasteiger partial charge in [0, 0.05) is 51.8 Å². The molecule has 118 valence electrons. The van der Waals surface area contributed by atoms with Crippen molar-refractivity contribution in [3.63, 3.8) is 0 Å². The summed E-state index contributed by atoms with van der Waals surface area (Å²) in [6, 6.07) is 0. The van der Waals surface area contributed by atoms with Gasteiger partial charge < -0.3 is 19.8 Å². The van der Waals surface area contributed by atoms with Crippen molar-refractivity contribution in [2.24, 2.45) is 0 Å². The number of carboxylic acids is 1. The Bertz CT molecular complexity index is 596. The number of nitrogens with zero attached hydrogens (tertiary/aromatic N) is 3. The molecule has 1 aliphatic carbocycles. The molecule has 0 aromatic heterocycles. The van der Waals surface area contributed by atoms with Gasteiger partial charge in [0.05, 0.1) is 5.70 Å². The summed E-state index contributed by atoms with van der Waals surface area (Å²) in [6.45, 7) is 7.01. The molecule has 7 nitrogen and oxygen atoms in total. The number of carboxylic acid groups (broad SMARTS) is 1. The average molecular weight is 305 g/mol. The number of hydrogen-bond acceptors (Lipinski definition) is 6. The molecule has 0 atom stereocenters. The highest BCUT2D eigenvalue weighted by Gasteiger charge is 2.43. The minimum Gasteiger partial charge on any atom is -0.481 e. The number of carbonyl (C=O) groups is 3. The molecule has 3 saturated heterocycles. The zero-order valence-electron chi connectivity index (χ0n) is 12.5. The van der Waals surface area contributed by atoms with Crippen molar-refractivity contribution in [2.75, 3.05) is 39.3 Å². The van der Waals surface area contributed by atoms with Crippen LogP contribution in [0.2, 0.25) is 0 Å². The van der Waals surface area contributed by atoms with Gasteiger partial charge in [0.2, 0.25) is 11.6 Å². The van der Waals surface area contributed by atoms with Crippen molar-refractivity contribution in [2.45, 2.75) is 13.3 Å². The Morgan fingerprint density at radius 2 is 1.45 bits per heavy atom. The van der Waals surface area contributed by atoms with E-state index >= 15 is 0 Å². The maximum Gasteiger partial charge on any atom is 0.303 e. The minimum absolute atomic E-state index is 0.00546. The topological polar surface area (TPSA) is 80.5 Å². The molecule has 22 heavy (non-hydrogen) atoms. The maximum atomic E-state index is 12.4. The largest absolute Gasteiger partial charge is 0.481 e. The van der Waals surface area contributed by atoms with Gasteiger partial charge in [-0.05, 0) is 0 Å². The van der Waals surface area contributed by atoms with E-state index < -0.39 is 5.97 Å². The molecule has 3 aliphatic heterocycles. The van der Waals surface area contributed by atoms with E-state index in [1.54, 1.807) is 6.92 Å². The van der Waals surface area contributed by atoms with Crippen LogP contribution in [0.25, 0.3) is 0 Å². The Kier molecular flexibility index (Phi) is 3.64. The molecular weight excluding hydrogens is 286 g/mol. The summed E-state index contributed by atoms with van der Waals surface area (Å²) in [5, 5.41) is 7.72. The molecule has 0 amide bonds. The fraction of sp³-hybridized carbons (Fsp3) is 0.533. The average Bonchev–Trinajstić information content (AvgIpc) is 3.34. The van der Waals surface area contributed by atoms with Crippen LogP contribution < -0.4 is 0 Å². The van der Waals surface area contributed by atoms with E-state index in [1.807, 2.05) is 14.7 Å². The summed E-state index contributed by atoms with van der Waals surface area (Å²) in [4.78, 5) is 39.8. The third-order valence-corrected chi connectivity index (χ3v) is 3.79. The van der Waals surface area contributed by atoms with Gasteiger partial charge in [0.15, 0.2) is 0 Å². The van der Waals surface area contributed by atoms with E-state index in [2.05, 4.69) is 0 Å². The molecule has 0 bridgehead atoms. The Morgan fingerprint density at radius 3 is 1.86 bits per heavy atom. The van der Waals surface area contributed by atoms with Crippen LogP contribution in [0.4, 0.5) is 0 Å². The molecule has 7 heteroatoms. The van der Waals surface area contributed by atoms with Gasteiger partial charge in [-0.15, -0.1) is 0 Å². The third-order valence-electron chi connectivity index (χ3n) is 3.79. The first-order chi connectivity index (χ1) is 10.5. The third kappa shape index (κ3) is 2.98. The number of Topliss-reactive ketones (excluding diaryl/α,β-unsaturated/α-hetero) is 1. The first-order valence-corrected chi connectivity index (χ1v) is 7.54. The Hall–Kier alpha value is -2.31. The number of aliphatic carboxylic acids is 1. The minimum atomic E-state index is -0.745. The summed E-state index contributed by atoms with van der Waals surface area (Å²) >= 11 is 0. The molecule has 0 saturated carbocycles. The Balaban J connectivity index is 0.000000254. The van der Waals surface area contributed by atoms with Gasteiger partial charge in [-0.25, -0.2) is 0 Å². The Labute approximate surface area is 128 Å². The van der Waals surface area contributed by atoms with Crippen molar-refractivity contribution in [1.29, 1.82) is 0 Å². The van der Waals surface area contributed by atoms with Crippen LogP contribution >= 0.6 is 0 Å². The summed E-state index contributed by atoms with van der Waals surface area (Å²) in [5.74, 6) is -0.697. The second kappa shape index (κ2) is 5.47.